The largest absolute Gasteiger partial charge is 0.359 e. The van der Waals surface area contributed by atoms with Crippen molar-refractivity contribution in [1.29, 1.82) is 0 Å². The Hall–Kier alpha value is -3.87. The predicted octanol–water partition coefficient (Wildman–Crippen LogP) is 10.7. The molecule has 3 aromatic carbocycles. The standard InChI is InChI=1S/C15H14F3N.C12H17N.C10H15N.C2H6/c1-2-11-5-3-4-6-14(11)19-9-10-7-12(16)15(18)13(17)8-10;1-5-11(4)13-12-7-6-9(2)8-10(12)3;1-3-10(11-2)9-7-5-4-6-8-9;1-2/h2-5,7-8,14,19H,1,6,9H2;6-8,13H,4-5H2,1-3H3;4-8,10-11H,3H2,1-2H3;1-2H3/t;;10-;/m..0./s1. The van der Waals surface area contributed by atoms with E-state index in [0.29, 0.717) is 11.6 Å². The number of benzene rings is 3. The van der Waals surface area contributed by atoms with Crippen molar-refractivity contribution in [2.75, 3.05) is 12.4 Å². The second kappa shape index (κ2) is 21.8. The van der Waals surface area contributed by atoms with E-state index in [2.05, 4.69) is 99.3 Å². The van der Waals surface area contributed by atoms with E-state index in [1.807, 2.05) is 45.2 Å². The van der Waals surface area contributed by atoms with Gasteiger partial charge in [-0.15, -0.1) is 0 Å². The molecule has 4 rings (SSSR count). The summed E-state index contributed by atoms with van der Waals surface area (Å²) in [6, 6.07) is 19.5. The lowest BCUT2D eigenvalue weighted by molar-refractivity contribution is 0.443. The van der Waals surface area contributed by atoms with Gasteiger partial charge in [-0.1, -0.05) is 113 Å². The molecule has 0 radical (unpaired) electrons. The van der Waals surface area contributed by atoms with Crippen LogP contribution in [0.1, 0.15) is 75.3 Å². The fraction of sp³-hybridized carbons (Fsp3) is 0.333. The topological polar surface area (TPSA) is 36.1 Å². The minimum Gasteiger partial charge on any atom is -0.359 e. The molecule has 3 N–H and O–H groups in total. The van der Waals surface area contributed by atoms with Gasteiger partial charge in [-0.3, -0.25) is 0 Å². The number of halogens is 3. The molecule has 45 heavy (non-hydrogen) atoms. The maximum Gasteiger partial charge on any atom is 0.194 e. The number of hydrogen-bond acceptors (Lipinski definition) is 3. The van der Waals surface area contributed by atoms with Crippen molar-refractivity contribution in [3.8, 4) is 0 Å². The molecule has 0 fully saturated rings. The van der Waals surface area contributed by atoms with Crippen LogP contribution in [-0.4, -0.2) is 13.1 Å². The zero-order valence-corrected chi connectivity index (χ0v) is 28.1. The Bertz CT molecular complexity index is 1350. The van der Waals surface area contributed by atoms with Crippen molar-refractivity contribution in [3.05, 3.63) is 149 Å². The molecule has 0 saturated heterocycles. The van der Waals surface area contributed by atoms with Crippen molar-refractivity contribution in [2.45, 2.75) is 79.4 Å². The van der Waals surface area contributed by atoms with Crippen molar-refractivity contribution in [2.24, 2.45) is 0 Å². The molecule has 1 aliphatic carbocycles. The lowest BCUT2D eigenvalue weighted by Crippen LogP contribution is -2.30. The molecule has 1 unspecified atom stereocenters. The van der Waals surface area contributed by atoms with Gasteiger partial charge in [0, 0.05) is 30.0 Å². The van der Waals surface area contributed by atoms with Crippen LogP contribution in [-0.2, 0) is 6.54 Å². The van der Waals surface area contributed by atoms with Gasteiger partial charge >= 0.3 is 0 Å². The summed E-state index contributed by atoms with van der Waals surface area (Å²) in [6.45, 7) is 20.4. The summed E-state index contributed by atoms with van der Waals surface area (Å²) in [6.07, 6.45) is 10.5. The van der Waals surface area contributed by atoms with Crippen LogP contribution < -0.4 is 16.0 Å². The molecule has 1 aliphatic rings. The molecule has 6 heteroatoms. The number of allylic oxidation sites excluding steroid dienone is 3. The summed E-state index contributed by atoms with van der Waals surface area (Å²) >= 11 is 0. The molecule has 0 amide bonds. The molecule has 0 bridgehead atoms. The van der Waals surface area contributed by atoms with E-state index in [9.17, 15) is 13.2 Å². The van der Waals surface area contributed by atoms with E-state index in [0.717, 1.165) is 48.4 Å². The van der Waals surface area contributed by atoms with E-state index in [4.69, 9.17) is 0 Å². The fourth-order valence-corrected chi connectivity index (χ4v) is 4.53. The summed E-state index contributed by atoms with van der Waals surface area (Å²) in [5.41, 5.74) is 7.56. The van der Waals surface area contributed by atoms with E-state index >= 15 is 0 Å². The van der Waals surface area contributed by atoms with Gasteiger partial charge in [0.15, 0.2) is 17.5 Å². The first-order chi connectivity index (χ1) is 21.6. The quantitative estimate of drug-likeness (QED) is 0.198. The Morgan fingerprint density at radius 1 is 0.978 bits per heavy atom. The highest BCUT2D eigenvalue weighted by molar-refractivity contribution is 5.55. The Labute approximate surface area is 270 Å². The minimum atomic E-state index is -1.43. The smallest absolute Gasteiger partial charge is 0.194 e. The monoisotopic (exact) mass is 619 g/mol. The first-order valence-electron chi connectivity index (χ1n) is 15.7. The van der Waals surface area contributed by atoms with Crippen LogP contribution in [0.15, 0.2) is 109 Å². The van der Waals surface area contributed by atoms with Crippen LogP contribution in [0.3, 0.4) is 0 Å². The average molecular weight is 620 g/mol. The Morgan fingerprint density at radius 3 is 2.16 bits per heavy atom. The number of aryl methyl sites for hydroxylation is 2. The maximum atomic E-state index is 13.1. The number of hydrogen-bond donors (Lipinski definition) is 3. The van der Waals surface area contributed by atoms with Gasteiger partial charge in [-0.25, -0.2) is 13.2 Å². The van der Waals surface area contributed by atoms with Crippen molar-refractivity contribution in [3.63, 3.8) is 0 Å². The van der Waals surface area contributed by atoms with Crippen LogP contribution in [0.25, 0.3) is 0 Å². The maximum absolute atomic E-state index is 13.1. The van der Waals surface area contributed by atoms with Crippen molar-refractivity contribution < 1.29 is 13.2 Å². The third kappa shape index (κ3) is 13.8. The summed E-state index contributed by atoms with van der Waals surface area (Å²) in [5, 5.41) is 9.73. The molecule has 2 atom stereocenters. The second-order valence-corrected chi connectivity index (χ2v) is 10.4. The molecule has 0 aliphatic heterocycles. The normalized spacial score (nSPS) is 13.8. The van der Waals surface area contributed by atoms with E-state index in [1.54, 1.807) is 6.08 Å². The molecular formula is C39H52F3N3. The SMILES string of the molecule is C=C(CC)Nc1ccc(C)cc1C.C=CC1=CC=CCC1NCc1cc(F)c(F)c(F)c1.CC.CC[C@H](NC)c1ccccc1. The summed E-state index contributed by atoms with van der Waals surface area (Å²) in [7, 11) is 2.00. The Kier molecular flexibility index (Phi) is 18.9. The zero-order valence-electron chi connectivity index (χ0n) is 28.1. The fourth-order valence-electron chi connectivity index (χ4n) is 4.53. The Morgan fingerprint density at radius 2 is 1.62 bits per heavy atom. The van der Waals surface area contributed by atoms with Crippen molar-refractivity contribution in [1.82, 2.24) is 10.6 Å². The van der Waals surface area contributed by atoms with E-state index in [1.165, 1.54) is 16.7 Å². The Balaban J connectivity index is 0.000000343. The molecule has 0 saturated carbocycles. The zero-order chi connectivity index (χ0) is 33.8. The third-order valence-corrected chi connectivity index (χ3v) is 7.11. The first kappa shape index (κ1) is 39.2. The van der Waals surface area contributed by atoms with Crippen LogP contribution in [0, 0.1) is 31.3 Å². The van der Waals surface area contributed by atoms with Crippen LogP contribution in [0.2, 0.25) is 0 Å². The second-order valence-electron chi connectivity index (χ2n) is 10.4. The van der Waals surface area contributed by atoms with E-state index < -0.39 is 17.5 Å². The molecule has 0 aromatic heterocycles. The highest BCUT2D eigenvalue weighted by atomic mass is 19.2. The molecular weight excluding hydrogens is 567 g/mol. The van der Waals surface area contributed by atoms with Crippen LogP contribution in [0.5, 0.6) is 0 Å². The van der Waals surface area contributed by atoms with Gasteiger partial charge < -0.3 is 16.0 Å². The number of anilines is 1. The van der Waals surface area contributed by atoms with Crippen LogP contribution in [0.4, 0.5) is 18.9 Å². The van der Waals surface area contributed by atoms with Gasteiger partial charge in [0.05, 0.1) is 0 Å². The summed E-state index contributed by atoms with van der Waals surface area (Å²) in [4.78, 5) is 0. The van der Waals surface area contributed by atoms with Gasteiger partial charge in [0.2, 0.25) is 0 Å². The van der Waals surface area contributed by atoms with Gasteiger partial charge in [0.1, 0.15) is 0 Å². The molecule has 3 aromatic rings. The minimum absolute atomic E-state index is 0.0543. The van der Waals surface area contributed by atoms with Gasteiger partial charge in [0.25, 0.3) is 0 Å². The summed E-state index contributed by atoms with van der Waals surface area (Å²) in [5.74, 6) is -3.77. The van der Waals surface area contributed by atoms with Crippen LogP contribution >= 0.6 is 0 Å². The lowest BCUT2D eigenvalue weighted by Gasteiger charge is -2.20. The van der Waals surface area contributed by atoms with Crippen molar-refractivity contribution >= 4 is 5.69 Å². The molecule has 3 nitrogen and oxygen atoms in total. The molecule has 244 valence electrons. The lowest BCUT2D eigenvalue weighted by atomic mass is 9.98. The van der Waals surface area contributed by atoms with E-state index in [-0.39, 0.29) is 12.6 Å². The molecule has 0 heterocycles. The highest BCUT2D eigenvalue weighted by Crippen LogP contribution is 2.19. The molecule has 0 spiro atoms. The predicted molar refractivity (Wildman–Crippen MR) is 188 cm³/mol. The number of rotatable bonds is 10. The summed E-state index contributed by atoms with van der Waals surface area (Å²) < 4.78 is 39.0. The number of nitrogens with one attached hydrogen (secondary N) is 3. The third-order valence-electron chi connectivity index (χ3n) is 7.11. The van der Waals surface area contributed by atoms with Gasteiger partial charge in [-0.2, -0.15) is 0 Å². The van der Waals surface area contributed by atoms with Gasteiger partial charge in [-0.05, 0) is 80.6 Å². The highest BCUT2D eigenvalue weighted by Gasteiger charge is 2.14. The average Bonchev–Trinajstić information content (AvgIpc) is 3.06. The first-order valence-corrected chi connectivity index (χ1v) is 15.7.